The third-order valence-electron chi connectivity index (χ3n) is 5.56. The third kappa shape index (κ3) is 3.28. The van der Waals surface area contributed by atoms with Crippen molar-refractivity contribution in [3.63, 3.8) is 0 Å². The average molecular weight is 324 g/mol. The number of rotatable bonds is 5. The number of thiophene rings is 1. The molecule has 0 unspecified atom stereocenters. The van der Waals surface area contributed by atoms with E-state index in [9.17, 15) is 4.79 Å². The quantitative estimate of drug-likeness (QED) is 0.611. The van der Waals surface area contributed by atoms with Crippen LogP contribution in [-0.2, 0) is 12.8 Å². The van der Waals surface area contributed by atoms with Crippen LogP contribution in [0.5, 0.6) is 0 Å². The van der Waals surface area contributed by atoms with Gasteiger partial charge in [-0.3, -0.25) is 4.79 Å². The van der Waals surface area contributed by atoms with E-state index in [1.165, 1.54) is 66.5 Å². The molecule has 0 bridgehead atoms. The van der Waals surface area contributed by atoms with Gasteiger partial charge in [0.05, 0.1) is 0 Å². The highest BCUT2D eigenvalue weighted by molar-refractivity contribution is 7.13. The summed E-state index contributed by atoms with van der Waals surface area (Å²) in [4.78, 5) is 13.7. The molecule has 23 heavy (non-hydrogen) atoms. The molecule has 2 aliphatic carbocycles. The van der Waals surface area contributed by atoms with Gasteiger partial charge in [-0.05, 0) is 54.4 Å². The smallest absolute Gasteiger partial charge is 0.163 e. The van der Waals surface area contributed by atoms with Gasteiger partial charge in [-0.15, -0.1) is 11.3 Å². The normalized spacial score (nSPS) is 17.6. The first kappa shape index (κ1) is 15.1. The highest BCUT2D eigenvalue weighted by Gasteiger charge is 2.18. The van der Waals surface area contributed by atoms with Crippen molar-refractivity contribution in [3.05, 3.63) is 46.3 Å². The molecule has 1 nitrogen and oxygen atoms in total. The Morgan fingerprint density at radius 2 is 1.87 bits per heavy atom. The number of carbonyl (C=O) groups excluding carboxylic acids is 1. The number of hydrogen-bond donors (Lipinski definition) is 0. The highest BCUT2D eigenvalue weighted by Crippen LogP contribution is 2.33. The number of ketones is 1. The molecule has 2 aromatic rings. The van der Waals surface area contributed by atoms with Crippen molar-refractivity contribution in [2.75, 3.05) is 0 Å². The Hall–Kier alpha value is -1.41. The summed E-state index contributed by atoms with van der Waals surface area (Å²) >= 11 is 1.71. The Labute approximate surface area is 142 Å². The van der Waals surface area contributed by atoms with E-state index in [0.717, 1.165) is 24.3 Å². The topological polar surface area (TPSA) is 17.1 Å². The summed E-state index contributed by atoms with van der Waals surface area (Å²) in [5.41, 5.74) is 5.22. The highest BCUT2D eigenvalue weighted by atomic mass is 32.1. The molecule has 1 aromatic carbocycles. The number of carbonyl (C=O) groups is 1. The molecule has 0 atom stereocenters. The minimum atomic E-state index is 0.334. The number of hydrogen-bond acceptors (Lipinski definition) is 2. The van der Waals surface area contributed by atoms with E-state index in [0.29, 0.717) is 5.78 Å². The molecular weight excluding hydrogens is 300 g/mol. The molecule has 1 fully saturated rings. The van der Waals surface area contributed by atoms with Gasteiger partial charge in [0, 0.05) is 22.2 Å². The van der Waals surface area contributed by atoms with Crippen LogP contribution in [0.4, 0.5) is 0 Å². The van der Waals surface area contributed by atoms with Crippen molar-refractivity contribution in [2.24, 2.45) is 5.92 Å². The summed E-state index contributed by atoms with van der Waals surface area (Å²) in [6.45, 7) is 0. The van der Waals surface area contributed by atoms with Gasteiger partial charge in [0.1, 0.15) is 0 Å². The first-order chi connectivity index (χ1) is 11.3. The lowest BCUT2D eigenvalue weighted by Crippen LogP contribution is -2.01. The molecule has 2 heteroatoms. The molecule has 0 aliphatic heterocycles. The van der Waals surface area contributed by atoms with Crippen molar-refractivity contribution in [1.82, 2.24) is 0 Å². The van der Waals surface area contributed by atoms with Crippen molar-refractivity contribution >= 4 is 17.1 Å². The zero-order valence-corrected chi connectivity index (χ0v) is 14.5. The van der Waals surface area contributed by atoms with Gasteiger partial charge in [-0.1, -0.05) is 43.9 Å². The molecule has 1 aromatic heterocycles. The van der Waals surface area contributed by atoms with Gasteiger partial charge in [0.2, 0.25) is 0 Å². The SMILES string of the molecule is O=C(CCC1CCCC1)c1csc(-c2ccc3c(c2)CCC3)c1. The summed E-state index contributed by atoms with van der Waals surface area (Å²) < 4.78 is 0. The van der Waals surface area contributed by atoms with Gasteiger partial charge >= 0.3 is 0 Å². The van der Waals surface area contributed by atoms with Crippen molar-refractivity contribution in [1.29, 1.82) is 0 Å². The van der Waals surface area contributed by atoms with Gasteiger partial charge in [-0.25, -0.2) is 0 Å². The van der Waals surface area contributed by atoms with Crippen molar-refractivity contribution in [2.45, 2.75) is 57.8 Å². The second-order valence-corrected chi connectivity index (χ2v) is 8.06. The lowest BCUT2D eigenvalue weighted by atomic mass is 9.98. The fourth-order valence-corrected chi connectivity index (χ4v) is 5.05. The van der Waals surface area contributed by atoms with E-state index in [4.69, 9.17) is 0 Å². The van der Waals surface area contributed by atoms with Crippen LogP contribution in [0, 0.1) is 5.92 Å². The first-order valence-electron chi connectivity index (χ1n) is 9.03. The molecule has 1 saturated carbocycles. The van der Waals surface area contributed by atoms with Crippen LogP contribution < -0.4 is 0 Å². The minimum absolute atomic E-state index is 0.334. The van der Waals surface area contributed by atoms with E-state index in [2.05, 4.69) is 29.6 Å². The Balaban J connectivity index is 1.44. The van der Waals surface area contributed by atoms with E-state index in [1.807, 2.05) is 0 Å². The van der Waals surface area contributed by atoms with E-state index in [-0.39, 0.29) is 0 Å². The number of aryl methyl sites for hydroxylation is 2. The lowest BCUT2D eigenvalue weighted by Gasteiger charge is -2.06. The van der Waals surface area contributed by atoms with E-state index >= 15 is 0 Å². The fourth-order valence-electron chi connectivity index (χ4n) is 4.14. The molecule has 120 valence electrons. The van der Waals surface area contributed by atoms with Gasteiger partial charge in [0.15, 0.2) is 5.78 Å². The van der Waals surface area contributed by atoms with Crippen LogP contribution in [0.15, 0.2) is 29.6 Å². The Kier molecular flexibility index (Phi) is 4.35. The molecule has 4 rings (SSSR count). The monoisotopic (exact) mass is 324 g/mol. The number of Topliss-reactive ketones (excluding diaryl/α,β-unsaturated/α-hetero) is 1. The maximum absolute atomic E-state index is 12.4. The Morgan fingerprint density at radius 1 is 1.04 bits per heavy atom. The van der Waals surface area contributed by atoms with Gasteiger partial charge in [-0.2, -0.15) is 0 Å². The van der Waals surface area contributed by atoms with Crippen LogP contribution in [0.1, 0.15) is 66.4 Å². The average Bonchev–Trinajstić information content (AvgIpc) is 3.32. The Bertz CT molecular complexity index is 706. The zero-order chi connectivity index (χ0) is 15.6. The number of benzene rings is 1. The maximum atomic E-state index is 12.4. The molecule has 0 amide bonds. The summed E-state index contributed by atoms with van der Waals surface area (Å²) in [6, 6.07) is 8.95. The molecule has 0 spiro atoms. The summed E-state index contributed by atoms with van der Waals surface area (Å²) in [5.74, 6) is 1.13. The predicted octanol–water partition coefficient (Wildman–Crippen LogP) is 6.06. The Morgan fingerprint density at radius 3 is 2.74 bits per heavy atom. The maximum Gasteiger partial charge on any atom is 0.163 e. The summed E-state index contributed by atoms with van der Waals surface area (Å²) in [7, 11) is 0. The molecule has 2 aliphatic rings. The van der Waals surface area contributed by atoms with Crippen LogP contribution in [0.25, 0.3) is 10.4 Å². The zero-order valence-electron chi connectivity index (χ0n) is 13.6. The van der Waals surface area contributed by atoms with Crippen molar-refractivity contribution < 1.29 is 4.79 Å². The fraction of sp³-hybridized carbons (Fsp3) is 0.476. The molecule has 0 radical (unpaired) electrons. The second kappa shape index (κ2) is 6.60. The largest absolute Gasteiger partial charge is 0.294 e. The van der Waals surface area contributed by atoms with Crippen LogP contribution >= 0.6 is 11.3 Å². The van der Waals surface area contributed by atoms with Crippen LogP contribution in [-0.4, -0.2) is 5.78 Å². The van der Waals surface area contributed by atoms with Gasteiger partial charge < -0.3 is 0 Å². The van der Waals surface area contributed by atoms with E-state index in [1.54, 1.807) is 11.3 Å². The van der Waals surface area contributed by atoms with E-state index < -0.39 is 0 Å². The summed E-state index contributed by atoms with van der Waals surface area (Å²) in [5, 5.41) is 2.06. The third-order valence-corrected chi connectivity index (χ3v) is 6.54. The standard InChI is InChI=1S/C21H24OS/c22-20(11-8-15-4-1-2-5-15)19-13-21(23-14-19)18-10-9-16-6-3-7-17(16)12-18/h9-10,12-15H,1-8,11H2. The van der Waals surface area contributed by atoms with Gasteiger partial charge in [0.25, 0.3) is 0 Å². The van der Waals surface area contributed by atoms with Crippen LogP contribution in [0.2, 0.25) is 0 Å². The molecule has 0 saturated heterocycles. The van der Waals surface area contributed by atoms with Crippen molar-refractivity contribution in [3.8, 4) is 10.4 Å². The molecule has 0 N–H and O–H groups in total. The number of fused-ring (bicyclic) bond motifs is 1. The minimum Gasteiger partial charge on any atom is -0.294 e. The summed E-state index contributed by atoms with van der Waals surface area (Å²) in [6.07, 6.45) is 10.9. The molecule has 1 heterocycles. The lowest BCUT2D eigenvalue weighted by molar-refractivity contribution is 0.0974. The van der Waals surface area contributed by atoms with Crippen LogP contribution in [0.3, 0.4) is 0 Å². The molecular formula is C21H24OS. The predicted molar refractivity (Wildman–Crippen MR) is 97.3 cm³/mol. The first-order valence-corrected chi connectivity index (χ1v) is 9.91. The second-order valence-electron chi connectivity index (χ2n) is 7.15.